The molecule has 0 spiro atoms. The summed E-state index contributed by atoms with van der Waals surface area (Å²) in [6.07, 6.45) is -0.137. The number of anilines is 2. The molecule has 1 aromatic heterocycles. The number of aromatic hydroxyl groups is 1. The summed E-state index contributed by atoms with van der Waals surface area (Å²) in [5.74, 6) is 0.138. The fraction of sp³-hybridized carbons (Fsp3) is 0.312. The molecule has 0 unspecified atom stereocenters. The summed E-state index contributed by atoms with van der Waals surface area (Å²) in [6.45, 7) is 2.41. The monoisotopic (exact) mass is 340 g/mol. The molecule has 1 aromatic carbocycles. The molecule has 2 aromatic rings. The van der Waals surface area contributed by atoms with Gasteiger partial charge in [0.1, 0.15) is 25.2 Å². The van der Waals surface area contributed by atoms with Gasteiger partial charge in [0.2, 0.25) is 5.91 Å². The smallest absolute Gasteiger partial charge is 0.252 e. The number of carbonyl (C=O) groups is 1. The number of hydrogen-bond donors (Lipinski definition) is 3. The van der Waals surface area contributed by atoms with E-state index in [1.54, 1.807) is 6.07 Å². The summed E-state index contributed by atoms with van der Waals surface area (Å²) in [7, 11) is 5.59. The van der Waals surface area contributed by atoms with Crippen molar-refractivity contribution in [2.75, 3.05) is 36.5 Å². The molecule has 8 nitrogen and oxygen atoms in total. The van der Waals surface area contributed by atoms with E-state index in [9.17, 15) is 14.7 Å². The fourth-order valence-corrected chi connectivity index (χ4v) is 2.54. The predicted molar refractivity (Wildman–Crippen MR) is 93.7 cm³/mol. The number of carbonyl (C=O) groups excluding carboxylic acids is 1. The van der Waals surface area contributed by atoms with Gasteiger partial charge in [0.25, 0.3) is 5.56 Å². The number of hydrogen-bond acceptors (Lipinski definition) is 6. The summed E-state index contributed by atoms with van der Waals surface area (Å²) in [5.41, 5.74) is 0.0430. The lowest BCUT2D eigenvalue weighted by molar-refractivity contribution is -0.115. The second kappa shape index (κ2) is 7.39. The van der Waals surface area contributed by atoms with Gasteiger partial charge in [-0.15, -0.1) is 0 Å². The number of rotatable bonds is 4. The molecule has 0 atom stereocenters. The van der Waals surface area contributed by atoms with Crippen LogP contribution in [0.5, 0.6) is 5.75 Å². The number of morpholine rings is 1. The molecule has 3 N–H and O–H groups in total. The van der Waals surface area contributed by atoms with Crippen LogP contribution < -0.4 is 21.2 Å². The van der Waals surface area contributed by atoms with Crippen molar-refractivity contribution in [2.45, 2.75) is 6.42 Å². The maximum absolute atomic E-state index is 12.2. The second-order valence-corrected chi connectivity index (χ2v) is 5.62. The van der Waals surface area contributed by atoms with Gasteiger partial charge < -0.3 is 25.0 Å². The van der Waals surface area contributed by atoms with Gasteiger partial charge in [-0.2, -0.15) is 0 Å². The molecule has 1 fully saturated rings. The van der Waals surface area contributed by atoms with E-state index < -0.39 is 5.91 Å². The summed E-state index contributed by atoms with van der Waals surface area (Å²) in [5, 5.41) is 12.4. The number of para-hydroxylation sites is 1. The molecule has 1 aliphatic rings. The van der Waals surface area contributed by atoms with E-state index in [4.69, 9.17) is 12.6 Å². The first kappa shape index (κ1) is 17.0. The molecule has 1 aliphatic heterocycles. The van der Waals surface area contributed by atoms with Crippen molar-refractivity contribution in [2.24, 2.45) is 0 Å². The Bertz CT molecular complexity index is 833. The number of aromatic nitrogens is 2. The predicted octanol–water partition coefficient (Wildman–Crippen LogP) is -0.713. The first-order valence-electron chi connectivity index (χ1n) is 7.83. The Morgan fingerprint density at radius 1 is 1.40 bits per heavy atom. The van der Waals surface area contributed by atoms with E-state index in [0.29, 0.717) is 32.1 Å². The number of phenolic OH excluding ortho intramolecular Hbond substituents is 1. The highest BCUT2D eigenvalue weighted by atomic mass is 16.5. The fourth-order valence-electron chi connectivity index (χ4n) is 2.54. The highest BCUT2D eigenvalue weighted by Crippen LogP contribution is 2.19. The Labute approximate surface area is 145 Å². The molecule has 1 amide bonds. The minimum Gasteiger partial charge on any atom is -0.506 e. The molecule has 128 valence electrons. The Hall–Kier alpha value is -2.81. The molecule has 2 heterocycles. The van der Waals surface area contributed by atoms with Crippen molar-refractivity contribution < 1.29 is 14.6 Å². The van der Waals surface area contributed by atoms with Gasteiger partial charge in [0.05, 0.1) is 25.3 Å². The van der Waals surface area contributed by atoms with Crippen molar-refractivity contribution in [3.63, 3.8) is 0 Å². The minimum absolute atomic E-state index is 0.137. The van der Waals surface area contributed by atoms with Crippen LogP contribution in [-0.4, -0.2) is 55.1 Å². The zero-order valence-electron chi connectivity index (χ0n) is 13.5. The van der Waals surface area contributed by atoms with Crippen LogP contribution in [0.25, 0.3) is 0 Å². The van der Waals surface area contributed by atoms with Crippen LogP contribution in [0.2, 0.25) is 0 Å². The highest BCUT2D eigenvalue weighted by molar-refractivity contribution is 6.34. The van der Waals surface area contributed by atoms with Gasteiger partial charge in [-0.3, -0.25) is 9.59 Å². The second-order valence-electron chi connectivity index (χ2n) is 5.62. The lowest BCUT2D eigenvalue weighted by Gasteiger charge is -2.27. The van der Waals surface area contributed by atoms with Gasteiger partial charge in [0, 0.05) is 19.2 Å². The third-order valence-corrected chi connectivity index (χ3v) is 3.78. The van der Waals surface area contributed by atoms with E-state index in [1.807, 2.05) is 4.90 Å². The topological polar surface area (TPSA) is 108 Å². The molecule has 9 heteroatoms. The Kier molecular flexibility index (Phi) is 5.04. The molecular weight excluding hydrogens is 323 g/mol. The zero-order chi connectivity index (χ0) is 17.8. The van der Waals surface area contributed by atoms with E-state index >= 15 is 0 Å². The maximum atomic E-state index is 12.2. The maximum Gasteiger partial charge on any atom is 0.252 e. The van der Waals surface area contributed by atoms with E-state index in [0.717, 1.165) is 0 Å². The standard InChI is InChI=1S/C16H17BN4O4/c17-10-2-1-3-11(16(10)24)18-14(22)8-12-19-13(9-15(23)20-12)21-4-6-25-7-5-21/h1-3,9,24H,4-8H2,(H,18,22)(H,19,20,23). The summed E-state index contributed by atoms with van der Waals surface area (Å²) < 4.78 is 5.28. The molecule has 0 bridgehead atoms. The van der Waals surface area contributed by atoms with Gasteiger partial charge in [-0.05, 0) is 6.07 Å². The van der Waals surface area contributed by atoms with Crippen molar-refractivity contribution >= 4 is 30.7 Å². The molecule has 25 heavy (non-hydrogen) atoms. The number of aromatic amines is 1. The average Bonchev–Trinajstić information content (AvgIpc) is 2.59. The van der Waals surface area contributed by atoms with Gasteiger partial charge in [-0.25, -0.2) is 4.98 Å². The summed E-state index contributed by atoms with van der Waals surface area (Å²) >= 11 is 0. The van der Waals surface area contributed by atoms with E-state index in [-0.39, 0.29) is 34.7 Å². The number of H-pyrrole nitrogens is 1. The number of amides is 1. The Balaban J connectivity index is 1.73. The van der Waals surface area contributed by atoms with Crippen LogP contribution in [-0.2, 0) is 16.0 Å². The van der Waals surface area contributed by atoms with Crippen molar-refractivity contribution in [3.8, 4) is 5.75 Å². The third-order valence-electron chi connectivity index (χ3n) is 3.78. The number of nitrogens with zero attached hydrogens (tertiary/aromatic N) is 2. The van der Waals surface area contributed by atoms with Crippen molar-refractivity contribution in [3.05, 3.63) is 40.4 Å². The van der Waals surface area contributed by atoms with Crippen LogP contribution in [0.15, 0.2) is 29.1 Å². The van der Waals surface area contributed by atoms with Crippen molar-refractivity contribution in [1.29, 1.82) is 0 Å². The van der Waals surface area contributed by atoms with Crippen LogP contribution in [0.3, 0.4) is 0 Å². The molecule has 0 saturated carbocycles. The van der Waals surface area contributed by atoms with Crippen LogP contribution in [0, 0.1) is 0 Å². The number of ether oxygens (including phenoxy) is 1. The third kappa shape index (κ3) is 4.19. The average molecular weight is 340 g/mol. The van der Waals surface area contributed by atoms with Gasteiger partial charge >= 0.3 is 0 Å². The van der Waals surface area contributed by atoms with Crippen LogP contribution in [0.1, 0.15) is 5.82 Å². The minimum atomic E-state index is -0.428. The molecule has 2 radical (unpaired) electrons. The lowest BCUT2D eigenvalue weighted by atomic mass is 9.94. The number of benzene rings is 1. The molecule has 0 aliphatic carbocycles. The molecule has 1 saturated heterocycles. The van der Waals surface area contributed by atoms with Crippen molar-refractivity contribution in [1.82, 2.24) is 9.97 Å². The quantitative estimate of drug-likeness (QED) is 0.501. The number of nitrogens with one attached hydrogen (secondary N) is 2. The van der Waals surface area contributed by atoms with E-state index in [1.165, 1.54) is 18.2 Å². The molecule has 3 rings (SSSR count). The molecular formula is C16H17BN4O4. The first-order chi connectivity index (χ1) is 12.0. The van der Waals surface area contributed by atoms with Crippen LogP contribution >= 0.6 is 0 Å². The Morgan fingerprint density at radius 2 is 2.16 bits per heavy atom. The number of phenols is 1. The zero-order valence-corrected chi connectivity index (χ0v) is 13.5. The largest absolute Gasteiger partial charge is 0.506 e. The Morgan fingerprint density at radius 3 is 2.92 bits per heavy atom. The van der Waals surface area contributed by atoms with Gasteiger partial charge in [0.15, 0.2) is 0 Å². The summed E-state index contributed by atoms with van der Waals surface area (Å²) in [6, 6.07) is 6.07. The lowest BCUT2D eigenvalue weighted by Crippen LogP contribution is -2.37. The van der Waals surface area contributed by atoms with Gasteiger partial charge in [-0.1, -0.05) is 17.6 Å². The SMILES string of the molecule is [B]c1cccc(NC(=O)Cc2nc(N3CCOCC3)cc(=O)[nH]2)c1O. The highest BCUT2D eigenvalue weighted by Gasteiger charge is 2.15. The normalized spacial score (nSPS) is 14.3. The van der Waals surface area contributed by atoms with Crippen LogP contribution in [0.4, 0.5) is 11.5 Å². The van der Waals surface area contributed by atoms with E-state index in [2.05, 4.69) is 15.3 Å². The first-order valence-corrected chi connectivity index (χ1v) is 7.83. The summed E-state index contributed by atoms with van der Waals surface area (Å²) in [4.78, 5) is 32.9.